The van der Waals surface area contributed by atoms with Crippen molar-refractivity contribution < 1.29 is 0 Å². The predicted molar refractivity (Wildman–Crippen MR) is 90.5 cm³/mol. The topological polar surface area (TPSA) is 29.3 Å². The Labute approximate surface area is 125 Å². The molecule has 1 heterocycles. The van der Waals surface area contributed by atoms with Crippen molar-refractivity contribution in [1.82, 2.24) is 0 Å². The number of nitrogens with zero attached hydrogens (tertiary/aromatic N) is 1. The van der Waals surface area contributed by atoms with Crippen molar-refractivity contribution in [2.75, 3.05) is 11.4 Å². The fraction of sp³-hybridized carbons (Fsp3) is 0.353. The van der Waals surface area contributed by atoms with Gasteiger partial charge in [-0.15, -0.1) is 0 Å². The Morgan fingerprint density at radius 1 is 1.15 bits per heavy atom. The Bertz CT molecular complexity index is 650. The zero-order valence-electron chi connectivity index (χ0n) is 11.8. The van der Waals surface area contributed by atoms with Crippen molar-refractivity contribution in [2.45, 2.75) is 32.2 Å². The lowest BCUT2D eigenvalue weighted by molar-refractivity contribution is 0.486. The molecule has 2 aromatic rings. The molecule has 0 aliphatic carbocycles. The van der Waals surface area contributed by atoms with Gasteiger partial charge in [-0.2, -0.15) is 0 Å². The normalized spacial score (nSPS) is 19.2. The van der Waals surface area contributed by atoms with Gasteiger partial charge in [0.15, 0.2) is 0 Å². The Kier molecular flexibility index (Phi) is 3.62. The van der Waals surface area contributed by atoms with E-state index >= 15 is 0 Å². The molecule has 2 aromatic carbocycles. The van der Waals surface area contributed by atoms with Gasteiger partial charge in [-0.05, 0) is 43.7 Å². The SMILES string of the molecule is CC1CCCCN1c1ccc(C(N)=S)c2ccccc12. The molecule has 104 valence electrons. The number of nitrogens with two attached hydrogens (primary N) is 1. The van der Waals surface area contributed by atoms with Crippen molar-refractivity contribution in [2.24, 2.45) is 5.73 Å². The van der Waals surface area contributed by atoms with Gasteiger partial charge in [0, 0.05) is 29.2 Å². The van der Waals surface area contributed by atoms with E-state index in [1.807, 2.05) is 6.07 Å². The lowest BCUT2D eigenvalue weighted by atomic mass is 9.98. The summed E-state index contributed by atoms with van der Waals surface area (Å²) in [5.41, 5.74) is 8.14. The van der Waals surface area contributed by atoms with Crippen molar-refractivity contribution in [1.29, 1.82) is 0 Å². The molecule has 1 unspecified atom stereocenters. The minimum atomic E-state index is 0.472. The standard InChI is InChI=1S/C17H20N2S/c1-12-6-4-5-11-19(12)16-10-9-15(17(18)20)13-7-2-3-8-14(13)16/h2-3,7-10,12H,4-6,11H2,1H3,(H2,18,20). The molecule has 1 atom stereocenters. The Hall–Kier alpha value is -1.61. The summed E-state index contributed by atoms with van der Waals surface area (Å²) in [7, 11) is 0. The minimum absolute atomic E-state index is 0.472. The number of benzene rings is 2. The largest absolute Gasteiger partial charge is 0.389 e. The maximum absolute atomic E-state index is 5.85. The molecule has 3 rings (SSSR count). The zero-order chi connectivity index (χ0) is 14.1. The molecule has 3 heteroatoms. The van der Waals surface area contributed by atoms with E-state index < -0.39 is 0 Å². The van der Waals surface area contributed by atoms with Crippen LogP contribution in [-0.2, 0) is 0 Å². The summed E-state index contributed by atoms with van der Waals surface area (Å²) in [6, 6.07) is 13.3. The summed E-state index contributed by atoms with van der Waals surface area (Å²) >= 11 is 5.18. The van der Waals surface area contributed by atoms with Gasteiger partial charge in [0.2, 0.25) is 0 Å². The lowest BCUT2D eigenvalue weighted by Crippen LogP contribution is -2.37. The molecule has 0 bridgehead atoms. The van der Waals surface area contributed by atoms with E-state index in [-0.39, 0.29) is 0 Å². The average Bonchev–Trinajstić information content (AvgIpc) is 2.46. The maximum atomic E-state index is 5.85. The van der Waals surface area contributed by atoms with Gasteiger partial charge < -0.3 is 10.6 Å². The van der Waals surface area contributed by atoms with Crippen LogP contribution in [0.4, 0.5) is 5.69 Å². The smallest absolute Gasteiger partial charge is 0.104 e. The van der Waals surface area contributed by atoms with Crippen LogP contribution >= 0.6 is 12.2 Å². The second-order valence-corrected chi connectivity index (χ2v) is 6.02. The highest BCUT2D eigenvalue weighted by atomic mass is 32.1. The van der Waals surface area contributed by atoms with Gasteiger partial charge in [-0.25, -0.2) is 0 Å². The van der Waals surface area contributed by atoms with Crippen LogP contribution in [0.15, 0.2) is 36.4 Å². The number of hydrogen-bond donors (Lipinski definition) is 1. The Morgan fingerprint density at radius 2 is 1.90 bits per heavy atom. The molecule has 20 heavy (non-hydrogen) atoms. The minimum Gasteiger partial charge on any atom is -0.389 e. The molecular formula is C17H20N2S. The molecule has 1 aliphatic rings. The van der Waals surface area contributed by atoms with Gasteiger partial charge in [0.25, 0.3) is 0 Å². The first kappa shape index (κ1) is 13.4. The van der Waals surface area contributed by atoms with Crippen LogP contribution in [0.25, 0.3) is 10.8 Å². The number of fused-ring (bicyclic) bond motifs is 1. The molecule has 2 nitrogen and oxygen atoms in total. The van der Waals surface area contributed by atoms with Gasteiger partial charge in [0.1, 0.15) is 4.99 Å². The zero-order valence-corrected chi connectivity index (χ0v) is 12.6. The summed E-state index contributed by atoms with van der Waals surface area (Å²) in [5, 5.41) is 2.42. The number of anilines is 1. The van der Waals surface area contributed by atoms with Crippen molar-refractivity contribution >= 4 is 33.7 Å². The third-order valence-electron chi connectivity index (χ3n) is 4.28. The molecule has 1 aliphatic heterocycles. The number of hydrogen-bond acceptors (Lipinski definition) is 2. The van der Waals surface area contributed by atoms with Crippen LogP contribution in [0.3, 0.4) is 0 Å². The second-order valence-electron chi connectivity index (χ2n) is 5.58. The lowest BCUT2D eigenvalue weighted by Gasteiger charge is -2.36. The summed E-state index contributed by atoms with van der Waals surface area (Å²) in [4.78, 5) is 2.99. The van der Waals surface area contributed by atoms with E-state index in [4.69, 9.17) is 18.0 Å². The number of thiocarbonyl (C=S) groups is 1. The van der Waals surface area contributed by atoms with E-state index in [0.717, 1.165) is 17.5 Å². The fourth-order valence-corrected chi connectivity index (χ4v) is 3.38. The summed E-state index contributed by atoms with van der Waals surface area (Å²) in [6.45, 7) is 3.45. The third kappa shape index (κ3) is 2.27. The molecular weight excluding hydrogens is 264 g/mol. The molecule has 0 amide bonds. The van der Waals surface area contributed by atoms with Crippen LogP contribution in [0, 0.1) is 0 Å². The van der Waals surface area contributed by atoms with Gasteiger partial charge in [0.05, 0.1) is 0 Å². The highest BCUT2D eigenvalue weighted by Crippen LogP contribution is 2.33. The third-order valence-corrected chi connectivity index (χ3v) is 4.50. The Balaban J connectivity index is 2.17. The summed E-state index contributed by atoms with van der Waals surface area (Å²) < 4.78 is 0. The first-order chi connectivity index (χ1) is 9.68. The monoisotopic (exact) mass is 284 g/mol. The van der Waals surface area contributed by atoms with Crippen LogP contribution in [-0.4, -0.2) is 17.6 Å². The van der Waals surface area contributed by atoms with Crippen molar-refractivity contribution in [3.05, 3.63) is 42.0 Å². The van der Waals surface area contributed by atoms with Gasteiger partial charge >= 0.3 is 0 Å². The summed E-state index contributed by atoms with van der Waals surface area (Å²) in [5.74, 6) is 0. The molecule has 0 radical (unpaired) electrons. The van der Waals surface area contributed by atoms with E-state index in [1.165, 1.54) is 30.3 Å². The van der Waals surface area contributed by atoms with E-state index in [0.29, 0.717) is 11.0 Å². The van der Waals surface area contributed by atoms with Crippen LogP contribution in [0.2, 0.25) is 0 Å². The first-order valence-corrected chi connectivity index (χ1v) is 7.67. The van der Waals surface area contributed by atoms with Gasteiger partial charge in [-0.3, -0.25) is 0 Å². The molecule has 1 saturated heterocycles. The van der Waals surface area contributed by atoms with E-state index in [2.05, 4.69) is 42.2 Å². The first-order valence-electron chi connectivity index (χ1n) is 7.26. The molecule has 0 spiro atoms. The van der Waals surface area contributed by atoms with Gasteiger partial charge in [-0.1, -0.05) is 36.5 Å². The van der Waals surface area contributed by atoms with Crippen molar-refractivity contribution in [3.63, 3.8) is 0 Å². The molecule has 2 N–H and O–H groups in total. The molecule has 0 aromatic heterocycles. The quantitative estimate of drug-likeness (QED) is 0.849. The maximum Gasteiger partial charge on any atom is 0.104 e. The highest BCUT2D eigenvalue weighted by molar-refractivity contribution is 7.80. The van der Waals surface area contributed by atoms with E-state index in [1.54, 1.807) is 0 Å². The molecule has 0 saturated carbocycles. The number of rotatable bonds is 2. The fourth-order valence-electron chi connectivity index (χ4n) is 3.20. The van der Waals surface area contributed by atoms with E-state index in [9.17, 15) is 0 Å². The molecule has 1 fully saturated rings. The summed E-state index contributed by atoms with van der Waals surface area (Å²) in [6.07, 6.45) is 3.88. The Morgan fingerprint density at radius 3 is 2.60 bits per heavy atom. The highest BCUT2D eigenvalue weighted by Gasteiger charge is 2.20. The van der Waals surface area contributed by atoms with Crippen LogP contribution in [0.5, 0.6) is 0 Å². The second kappa shape index (κ2) is 5.41. The number of piperidine rings is 1. The van der Waals surface area contributed by atoms with Crippen molar-refractivity contribution in [3.8, 4) is 0 Å². The predicted octanol–water partition coefficient (Wildman–Crippen LogP) is 3.85. The van der Waals surface area contributed by atoms with Crippen LogP contribution in [0.1, 0.15) is 31.7 Å². The van der Waals surface area contributed by atoms with Crippen LogP contribution < -0.4 is 10.6 Å². The average molecular weight is 284 g/mol.